The summed E-state index contributed by atoms with van der Waals surface area (Å²) in [6.07, 6.45) is 3.74. The molecule has 5 rings (SSSR count). The molecule has 0 saturated heterocycles. The summed E-state index contributed by atoms with van der Waals surface area (Å²) in [5.41, 5.74) is 3.97. The zero-order valence-electron chi connectivity index (χ0n) is 11.5. The van der Waals surface area contributed by atoms with E-state index in [0.717, 1.165) is 28.9 Å². The van der Waals surface area contributed by atoms with Crippen molar-refractivity contribution in [3.05, 3.63) is 35.2 Å². The number of hydrogen-bond donors (Lipinski definition) is 1. The Morgan fingerprint density at radius 3 is 2.90 bits per heavy atom. The fraction of sp³-hybridized carbons (Fsp3) is 0.400. The average Bonchev–Trinajstić information content (AvgIpc) is 3.11. The highest BCUT2D eigenvalue weighted by atomic mass is 32.1. The number of aromatic nitrogens is 4. The molecule has 2 aliphatic rings. The lowest BCUT2D eigenvalue weighted by atomic mass is 9.85. The zero-order chi connectivity index (χ0) is 13.8. The Labute approximate surface area is 126 Å². The van der Waals surface area contributed by atoms with Crippen LogP contribution in [0.2, 0.25) is 0 Å². The summed E-state index contributed by atoms with van der Waals surface area (Å²) >= 11 is 1.63. The standard InChI is InChI=1S/C15H15N5S/c1-2-9(3-1)13-17-18-15-20(13)19-14(21-15)10-4-5-11-7-16-8-12(11)6-10/h4-6,9,16H,1-3,7-8H2. The Bertz CT molecular complexity index is 830. The van der Waals surface area contributed by atoms with Gasteiger partial charge in [-0.25, -0.2) is 0 Å². The van der Waals surface area contributed by atoms with Crippen molar-refractivity contribution >= 4 is 16.3 Å². The lowest BCUT2D eigenvalue weighted by Crippen LogP contribution is -2.12. The van der Waals surface area contributed by atoms with Gasteiger partial charge >= 0.3 is 0 Å². The molecule has 0 amide bonds. The van der Waals surface area contributed by atoms with Crippen LogP contribution in [0.5, 0.6) is 0 Å². The molecular formula is C15H15N5S. The van der Waals surface area contributed by atoms with Crippen LogP contribution in [-0.2, 0) is 13.1 Å². The summed E-state index contributed by atoms with van der Waals surface area (Å²) in [4.78, 5) is 0.908. The molecule has 0 spiro atoms. The fourth-order valence-corrected chi connectivity index (χ4v) is 3.94. The van der Waals surface area contributed by atoms with Gasteiger partial charge in [0.1, 0.15) is 5.01 Å². The second kappa shape index (κ2) is 4.35. The molecule has 0 bridgehead atoms. The summed E-state index contributed by atoms with van der Waals surface area (Å²) in [6, 6.07) is 6.63. The highest BCUT2D eigenvalue weighted by Gasteiger charge is 2.26. The molecule has 0 unspecified atom stereocenters. The number of rotatable bonds is 2. The molecule has 3 aromatic rings. The van der Waals surface area contributed by atoms with Crippen molar-refractivity contribution in [2.75, 3.05) is 0 Å². The molecule has 5 nitrogen and oxygen atoms in total. The van der Waals surface area contributed by atoms with Gasteiger partial charge in [-0.05, 0) is 30.0 Å². The smallest absolute Gasteiger partial charge is 0.234 e. The van der Waals surface area contributed by atoms with E-state index in [4.69, 9.17) is 5.10 Å². The fourth-order valence-electron chi connectivity index (χ4n) is 3.10. The van der Waals surface area contributed by atoms with Crippen molar-refractivity contribution in [1.29, 1.82) is 0 Å². The quantitative estimate of drug-likeness (QED) is 0.790. The monoisotopic (exact) mass is 297 g/mol. The molecule has 0 radical (unpaired) electrons. The minimum atomic E-state index is 0.555. The lowest BCUT2D eigenvalue weighted by Gasteiger charge is -2.22. The van der Waals surface area contributed by atoms with Crippen molar-refractivity contribution < 1.29 is 0 Å². The lowest BCUT2D eigenvalue weighted by molar-refractivity contribution is 0.395. The SMILES string of the molecule is c1cc2c(cc1-c1nn3c(C4CCC4)nnc3s1)CNC2. The van der Waals surface area contributed by atoms with Crippen LogP contribution >= 0.6 is 11.3 Å². The van der Waals surface area contributed by atoms with E-state index in [2.05, 4.69) is 33.7 Å². The first-order valence-corrected chi connectivity index (χ1v) is 8.25. The summed E-state index contributed by atoms with van der Waals surface area (Å²) < 4.78 is 1.95. The van der Waals surface area contributed by atoms with Crippen molar-refractivity contribution in [1.82, 2.24) is 25.1 Å². The van der Waals surface area contributed by atoms with Crippen LogP contribution < -0.4 is 5.32 Å². The van der Waals surface area contributed by atoms with E-state index in [9.17, 15) is 0 Å². The number of fused-ring (bicyclic) bond motifs is 2. The van der Waals surface area contributed by atoms with Gasteiger partial charge in [0.15, 0.2) is 5.82 Å². The predicted octanol–water partition coefficient (Wildman–Crippen LogP) is 2.72. The molecule has 0 atom stereocenters. The Kier molecular flexibility index (Phi) is 2.45. The first kappa shape index (κ1) is 11.8. The van der Waals surface area contributed by atoms with E-state index in [0.29, 0.717) is 5.92 Å². The van der Waals surface area contributed by atoms with E-state index in [1.807, 2.05) is 4.52 Å². The molecule has 1 aliphatic carbocycles. The molecule has 6 heteroatoms. The minimum absolute atomic E-state index is 0.555. The van der Waals surface area contributed by atoms with E-state index >= 15 is 0 Å². The van der Waals surface area contributed by atoms with Crippen molar-refractivity contribution in [3.63, 3.8) is 0 Å². The number of nitrogens with zero attached hydrogens (tertiary/aromatic N) is 4. The normalized spacial score (nSPS) is 18.1. The first-order chi connectivity index (χ1) is 10.4. The molecule has 1 fully saturated rings. The molecule has 21 heavy (non-hydrogen) atoms. The van der Waals surface area contributed by atoms with Crippen LogP contribution in [0, 0.1) is 0 Å². The van der Waals surface area contributed by atoms with Crippen molar-refractivity contribution in [2.45, 2.75) is 38.3 Å². The highest BCUT2D eigenvalue weighted by molar-refractivity contribution is 7.19. The van der Waals surface area contributed by atoms with Gasteiger partial charge in [-0.3, -0.25) is 0 Å². The number of benzene rings is 1. The van der Waals surface area contributed by atoms with E-state index in [1.165, 1.54) is 36.0 Å². The average molecular weight is 297 g/mol. The Hall–Kier alpha value is -1.79. The van der Waals surface area contributed by atoms with Gasteiger partial charge in [0.05, 0.1) is 0 Å². The third-order valence-corrected chi connectivity index (χ3v) is 5.52. The van der Waals surface area contributed by atoms with Gasteiger partial charge in [0.2, 0.25) is 4.96 Å². The van der Waals surface area contributed by atoms with Crippen LogP contribution in [0.15, 0.2) is 18.2 Å². The van der Waals surface area contributed by atoms with Gasteiger partial charge in [-0.15, -0.1) is 10.2 Å². The van der Waals surface area contributed by atoms with E-state index < -0.39 is 0 Å². The summed E-state index contributed by atoms with van der Waals surface area (Å²) in [6.45, 7) is 1.94. The van der Waals surface area contributed by atoms with Gasteiger partial charge in [-0.2, -0.15) is 9.61 Å². The molecular weight excluding hydrogens is 282 g/mol. The third-order valence-electron chi connectivity index (χ3n) is 4.57. The van der Waals surface area contributed by atoms with Crippen LogP contribution in [0.4, 0.5) is 0 Å². The van der Waals surface area contributed by atoms with Gasteiger partial charge in [0, 0.05) is 24.6 Å². The molecule has 2 aromatic heterocycles. The number of hydrogen-bond acceptors (Lipinski definition) is 5. The van der Waals surface area contributed by atoms with Crippen LogP contribution in [0.3, 0.4) is 0 Å². The van der Waals surface area contributed by atoms with Gasteiger partial charge in [-0.1, -0.05) is 29.9 Å². The second-order valence-corrected chi connectivity index (χ2v) is 6.83. The number of nitrogens with one attached hydrogen (secondary N) is 1. The Morgan fingerprint density at radius 2 is 2.05 bits per heavy atom. The maximum absolute atomic E-state index is 4.76. The highest BCUT2D eigenvalue weighted by Crippen LogP contribution is 2.36. The van der Waals surface area contributed by atoms with Gasteiger partial charge in [0.25, 0.3) is 0 Å². The molecule has 1 aliphatic heterocycles. The van der Waals surface area contributed by atoms with Crippen LogP contribution in [0.25, 0.3) is 15.5 Å². The summed E-state index contributed by atoms with van der Waals surface area (Å²) in [5, 5.41) is 17.8. The molecule has 106 valence electrons. The molecule has 3 heterocycles. The first-order valence-electron chi connectivity index (χ1n) is 7.43. The summed E-state index contributed by atoms with van der Waals surface area (Å²) in [7, 11) is 0. The van der Waals surface area contributed by atoms with Crippen molar-refractivity contribution in [2.24, 2.45) is 0 Å². The largest absolute Gasteiger partial charge is 0.309 e. The Balaban J connectivity index is 1.59. The van der Waals surface area contributed by atoms with Crippen LogP contribution in [0.1, 0.15) is 42.1 Å². The van der Waals surface area contributed by atoms with E-state index in [1.54, 1.807) is 11.3 Å². The Morgan fingerprint density at radius 1 is 1.14 bits per heavy atom. The molecule has 1 N–H and O–H groups in total. The molecule has 1 saturated carbocycles. The van der Waals surface area contributed by atoms with Crippen LogP contribution in [-0.4, -0.2) is 19.8 Å². The molecule has 1 aromatic carbocycles. The van der Waals surface area contributed by atoms with E-state index in [-0.39, 0.29) is 0 Å². The zero-order valence-corrected chi connectivity index (χ0v) is 12.4. The third kappa shape index (κ3) is 1.76. The second-order valence-electron chi connectivity index (χ2n) is 5.87. The van der Waals surface area contributed by atoms with Crippen molar-refractivity contribution in [3.8, 4) is 10.6 Å². The topological polar surface area (TPSA) is 55.1 Å². The predicted molar refractivity (Wildman–Crippen MR) is 81.2 cm³/mol. The maximum Gasteiger partial charge on any atom is 0.234 e. The van der Waals surface area contributed by atoms with Gasteiger partial charge < -0.3 is 5.32 Å². The maximum atomic E-state index is 4.76. The minimum Gasteiger partial charge on any atom is -0.309 e. The summed E-state index contributed by atoms with van der Waals surface area (Å²) in [5.74, 6) is 1.60.